The molecule has 0 aliphatic carbocycles. The molecule has 0 spiro atoms. The van der Waals surface area contributed by atoms with E-state index >= 15 is 0 Å². The van der Waals surface area contributed by atoms with Crippen molar-refractivity contribution in [3.8, 4) is 0 Å². The molecule has 0 aliphatic rings. The van der Waals surface area contributed by atoms with E-state index < -0.39 is 0 Å². The minimum absolute atomic E-state index is 0. The molecule has 0 fully saturated rings. The monoisotopic (exact) mass is 260 g/mol. The molecule has 12 heavy (non-hydrogen) atoms. The Balaban J connectivity index is -0.000000107. The van der Waals surface area contributed by atoms with E-state index in [2.05, 4.69) is 12.2 Å². The van der Waals surface area contributed by atoms with Gasteiger partial charge in [0.05, 0.1) is 0 Å². The Labute approximate surface area is 91.4 Å². The summed E-state index contributed by atoms with van der Waals surface area (Å²) in [5.74, 6) is 0.421. The van der Waals surface area contributed by atoms with Crippen molar-refractivity contribution in [1.82, 2.24) is 0 Å². The van der Waals surface area contributed by atoms with E-state index in [4.69, 9.17) is 5.73 Å². The molecule has 0 bridgehead atoms. The minimum atomic E-state index is 0. The third kappa shape index (κ3) is 13.2. The first kappa shape index (κ1) is 22.9. The van der Waals surface area contributed by atoms with Crippen molar-refractivity contribution in [3.63, 3.8) is 0 Å². The van der Waals surface area contributed by atoms with Gasteiger partial charge in [-0.2, -0.15) is 6.54 Å². The van der Waals surface area contributed by atoms with E-state index in [-0.39, 0.29) is 40.4 Å². The number of rotatable bonds is 4. The zero-order chi connectivity index (χ0) is 7.28. The van der Waals surface area contributed by atoms with E-state index in [1.807, 2.05) is 13.8 Å². The van der Waals surface area contributed by atoms with Crippen LogP contribution in [0.25, 0.3) is 11.1 Å². The SMILES string of the molecule is CC[N-]CC(C)C(C)[NH-].[CH3-].[CH3-].[Ru+4]. The first-order valence-electron chi connectivity index (χ1n) is 3.52. The van der Waals surface area contributed by atoms with Gasteiger partial charge in [-0.15, -0.1) is 12.6 Å². The molecule has 2 nitrogen and oxygen atoms in total. The Hall–Kier alpha value is 0.543. The summed E-state index contributed by atoms with van der Waals surface area (Å²) >= 11 is 0. The van der Waals surface area contributed by atoms with Gasteiger partial charge in [0.1, 0.15) is 0 Å². The molecule has 1 N–H and O–H groups in total. The molecular weight excluding hydrogens is 237 g/mol. The van der Waals surface area contributed by atoms with Crippen LogP contribution in [0.4, 0.5) is 0 Å². The van der Waals surface area contributed by atoms with E-state index in [9.17, 15) is 0 Å². The maximum absolute atomic E-state index is 7.30. The molecule has 0 aromatic carbocycles. The van der Waals surface area contributed by atoms with Crippen molar-refractivity contribution in [3.05, 3.63) is 25.9 Å². The van der Waals surface area contributed by atoms with Crippen molar-refractivity contribution in [1.29, 1.82) is 0 Å². The fourth-order valence-electron chi connectivity index (χ4n) is 0.491. The molecule has 0 rings (SSSR count). The van der Waals surface area contributed by atoms with Crippen molar-refractivity contribution in [2.75, 3.05) is 13.1 Å². The third-order valence-corrected chi connectivity index (χ3v) is 1.49. The summed E-state index contributed by atoms with van der Waals surface area (Å²) in [6.07, 6.45) is 0. The van der Waals surface area contributed by atoms with E-state index in [0.717, 1.165) is 13.1 Å². The van der Waals surface area contributed by atoms with Gasteiger partial charge in [-0.3, -0.25) is 0 Å². The number of nitrogens with zero attached hydrogens (tertiary/aromatic N) is 1. The van der Waals surface area contributed by atoms with Crippen molar-refractivity contribution in [2.24, 2.45) is 5.92 Å². The van der Waals surface area contributed by atoms with Gasteiger partial charge in [0.2, 0.25) is 0 Å². The zero-order valence-corrected chi connectivity index (χ0v) is 10.6. The fraction of sp³-hybridized carbons (Fsp3) is 0.778. The quantitative estimate of drug-likeness (QED) is 0.548. The summed E-state index contributed by atoms with van der Waals surface area (Å²) in [4.78, 5) is 0. The third-order valence-electron chi connectivity index (χ3n) is 1.49. The Kier molecular flexibility index (Phi) is 26.9. The summed E-state index contributed by atoms with van der Waals surface area (Å²) in [5.41, 5.74) is 7.30. The van der Waals surface area contributed by atoms with E-state index in [1.165, 1.54) is 0 Å². The van der Waals surface area contributed by atoms with Crippen LogP contribution in [-0.2, 0) is 19.5 Å². The van der Waals surface area contributed by atoms with Crippen LogP contribution in [0.5, 0.6) is 0 Å². The van der Waals surface area contributed by atoms with Gasteiger partial charge in [-0.05, 0) is 0 Å². The van der Waals surface area contributed by atoms with Gasteiger partial charge in [0, 0.05) is 0 Å². The topological polar surface area (TPSA) is 37.9 Å². The van der Waals surface area contributed by atoms with Crippen LogP contribution in [0.1, 0.15) is 20.8 Å². The average molecular weight is 259 g/mol. The number of nitrogens with one attached hydrogen (secondary N) is 1. The summed E-state index contributed by atoms with van der Waals surface area (Å²) in [5, 5.41) is 4.17. The predicted molar refractivity (Wildman–Crippen MR) is 54.5 cm³/mol. The number of hydrogen-bond acceptors (Lipinski definition) is 0. The maximum Gasteiger partial charge on any atom is 4.00 e. The average Bonchev–Trinajstić information content (AvgIpc) is 1.82. The Morgan fingerprint density at radius 3 is 1.92 bits per heavy atom. The Bertz CT molecular complexity index is 67.5. The minimum Gasteiger partial charge on any atom is -0.675 e. The van der Waals surface area contributed by atoms with Gasteiger partial charge < -0.3 is 25.9 Å². The van der Waals surface area contributed by atoms with Crippen LogP contribution in [0.2, 0.25) is 0 Å². The smallest absolute Gasteiger partial charge is 0.675 e. The summed E-state index contributed by atoms with van der Waals surface area (Å²) in [6.45, 7) is 7.74. The Morgan fingerprint density at radius 2 is 1.67 bits per heavy atom. The molecular formula is C9H22N2Ru. The summed E-state index contributed by atoms with van der Waals surface area (Å²) < 4.78 is 0. The van der Waals surface area contributed by atoms with Crippen molar-refractivity contribution >= 4 is 0 Å². The molecule has 0 amide bonds. The second kappa shape index (κ2) is 14.1. The van der Waals surface area contributed by atoms with Crippen molar-refractivity contribution in [2.45, 2.75) is 26.8 Å². The molecule has 0 aliphatic heterocycles. The Morgan fingerprint density at radius 1 is 1.25 bits per heavy atom. The van der Waals surface area contributed by atoms with E-state index in [1.54, 1.807) is 0 Å². The molecule has 0 saturated carbocycles. The maximum atomic E-state index is 7.30. The molecule has 0 heterocycles. The summed E-state index contributed by atoms with van der Waals surface area (Å²) in [7, 11) is 0. The van der Waals surface area contributed by atoms with Crippen LogP contribution in [0, 0.1) is 20.8 Å². The molecule has 3 heteroatoms. The van der Waals surface area contributed by atoms with Crippen LogP contribution in [0.15, 0.2) is 0 Å². The van der Waals surface area contributed by atoms with Gasteiger partial charge >= 0.3 is 19.5 Å². The molecule has 0 aromatic heterocycles. The fourth-order valence-corrected chi connectivity index (χ4v) is 0.491. The van der Waals surface area contributed by atoms with Crippen LogP contribution in [-0.4, -0.2) is 19.1 Å². The van der Waals surface area contributed by atoms with Crippen LogP contribution >= 0.6 is 0 Å². The zero-order valence-electron chi connectivity index (χ0n) is 8.87. The standard InChI is InChI=1S/C7H16N2.2CH3.Ru/c1-4-9-5-6(2)7(3)8;;;/h6-8H,4-5H2,1-3H3;2*1H3;/q-2;2*-1;+4. The normalized spacial score (nSPS) is 13.0. The van der Waals surface area contributed by atoms with Crippen LogP contribution < -0.4 is 0 Å². The molecule has 2 atom stereocenters. The van der Waals surface area contributed by atoms with E-state index in [0.29, 0.717) is 5.92 Å². The first-order chi connectivity index (χ1) is 4.18. The van der Waals surface area contributed by atoms with Crippen molar-refractivity contribution < 1.29 is 19.5 Å². The number of hydrogen-bond donors (Lipinski definition) is 0. The van der Waals surface area contributed by atoms with Crippen LogP contribution in [0.3, 0.4) is 0 Å². The molecule has 2 unspecified atom stereocenters. The second-order valence-electron chi connectivity index (χ2n) is 2.49. The molecule has 0 radical (unpaired) electrons. The van der Waals surface area contributed by atoms with Gasteiger partial charge in [0.15, 0.2) is 0 Å². The van der Waals surface area contributed by atoms with Gasteiger partial charge in [-0.1, -0.05) is 26.7 Å². The predicted octanol–water partition coefficient (Wildman–Crippen LogP) is 3.35. The molecule has 0 aromatic rings. The van der Waals surface area contributed by atoms with Gasteiger partial charge in [-0.25, -0.2) is 0 Å². The summed E-state index contributed by atoms with van der Waals surface area (Å²) in [6, 6.07) is 0.0281. The first-order valence-corrected chi connectivity index (χ1v) is 3.52. The largest absolute Gasteiger partial charge is 4.00 e. The molecule has 76 valence electrons. The molecule has 0 saturated heterocycles. The van der Waals surface area contributed by atoms with Gasteiger partial charge in [0.25, 0.3) is 0 Å². The second-order valence-corrected chi connectivity index (χ2v) is 2.49.